The van der Waals surface area contributed by atoms with Gasteiger partial charge in [-0.25, -0.2) is 0 Å². The number of hydrogen-bond acceptors (Lipinski definition) is 3. The second-order valence-corrected chi connectivity index (χ2v) is 6.57. The highest BCUT2D eigenvalue weighted by atomic mass is 16.5. The van der Waals surface area contributed by atoms with Crippen LogP contribution in [0.3, 0.4) is 0 Å². The van der Waals surface area contributed by atoms with Crippen molar-refractivity contribution in [3.63, 3.8) is 0 Å². The summed E-state index contributed by atoms with van der Waals surface area (Å²) in [5, 5.41) is 3.31. The van der Waals surface area contributed by atoms with E-state index >= 15 is 0 Å². The van der Waals surface area contributed by atoms with Gasteiger partial charge in [0.15, 0.2) is 5.78 Å². The number of nitrogens with one attached hydrogen (secondary N) is 1. The van der Waals surface area contributed by atoms with Gasteiger partial charge in [-0.3, -0.25) is 4.79 Å². The Bertz CT molecular complexity index is 829. The van der Waals surface area contributed by atoms with Crippen LogP contribution in [0.2, 0.25) is 0 Å². The van der Waals surface area contributed by atoms with Crippen molar-refractivity contribution in [2.45, 2.75) is 26.0 Å². The van der Waals surface area contributed by atoms with E-state index in [4.69, 9.17) is 4.74 Å². The van der Waals surface area contributed by atoms with Crippen LogP contribution in [0.1, 0.15) is 28.4 Å². The molecule has 1 N–H and O–H groups in total. The van der Waals surface area contributed by atoms with E-state index in [1.54, 1.807) is 0 Å². The molecule has 27 heavy (non-hydrogen) atoms. The molecule has 1 atom stereocenters. The first-order chi connectivity index (χ1) is 13.2. The fraction of sp³-hybridized carbons (Fsp3) is 0.208. The van der Waals surface area contributed by atoms with E-state index in [1.807, 2.05) is 79.7 Å². The number of carbonyl (C=O) groups excluding carboxylic acids is 1. The molecule has 0 heterocycles. The monoisotopic (exact) mass is 359 g/mol. The maximum absolute atomic E-state index is 12.6. The van der Waals surface area contributed by atoms with Gasteiger partial charge in [-0.1, -0.05) is 60.7 Å². The second kappa shape index (κ2) is 9.70. The van der Waals surface area contributed by atoms with Gasteiger partial charge in [0.1, 0.15) is 12.4 Å². The molecule has 0 saturated heterocycles. The maximum Gasteiger partial charge on any atom is 0.179 e. The molecule has 3 nitrogen and oxygen atoms in total. The summed E-state index contributed by atoms with van der Waals surface area (Å²) in [5.74, 6) is 0.859. The Morgan fingerprint density at radius 2 is 1.44 bits per heavy atom. The third-order valence-corrected chi connectivity index (χ3v) is 4.49. The standard InChI is InChI=1S/C24H25NO2/c1-19(25-17-16-20-8-4-2-5-9-20)24(26)22-12-14-23(15-13-22)27-18-21-10-6-3-7-11-21/h2-15,19,25H,16-18H2,1H3/t19-/m0/s1. The highest BCUT2D eigenvalue weighted by Gasteiger charge is 2.14. The average Bonchev–Trinajstić information content (AvgIpc) is 2.73. The van der Waals surface area contributed by atoms with Crippen molar-refractivity contribution in [1.82, 2.24) is 5.32 Å². The van der Waals surface area contributed by atoms with Crippen LogP contribution in [0.25, 0.3) is 0 Å². The predicted octanol–water partition coefficient (Wildman–Crippen LogP) is 4.67. The Kier molecular flexibility index (Phi) is 6.78. The molecule has 0 aliphatic heterocycles. The van der Waals surface area contributed by atoms with Gasteiger partial charge in [-0.15, -0.1) is 0 Å². The molecular formula is C24H25NO2. The molecule has 3 heteroatoms. The molecule has 0 aromatic heterocycles. The summed E-state index contributed by atoms with van der Waals surface area (Å²) in [4.78, 5) is 12.6. The van der Waals surface area contributed by atoms with Gasteiger partial charge in [-0.05, 0) is 55.3 Å². The van der Waals surface area contributed by atoms with Crippen LogP contribution < -0.4 is 10.1 Å². The fourth-order valence-electron chi connectivity index (χ4n) is 2.88. The third kappa shape index (κ3) is 5.80. The smallest absolute Gasteiger partial charge is 0.179 e. The molecular weight excluding hydrogens is 334 g/mol. The topological polar surface area (TPSA) is 38.3 Å². The number of Topliss-reactive ketones (excluding diaryl/α,β-unsaturated/α-hetero) is 1. The molecule has 0 saturated carbocycles. The fourth-order valence-corrected chi connectivity index (χ4v) is 2.88. The van der Waals surface area contributed by atoms with Crippen molar-refractivity contribution >= 4 is 5.78 Å². The first kappa shape index (κ1) is 18.9. The first-order valence-electron chi connectivity index (χ1n) is 9.31. The second-order valence-electron chi connectivity index (χ2n) is 6.57. The molecule has 0 radical (unpaired) electrons. The summed E-state index contributed by atoms with van der Waals surface area (Å²) in [6.45, 7) is 3.20. The van der Waals surface area contributed by atoms with E-state index in [2.05, 4.69) is 17.4 Å². The van der Waals surface area contributed by atoms with Crippen LogP contribution in [0.5, 0.6) is 5.75 Å². The van der Waals surface area contributed by atoms with Crippen molar-refractivity contribution < 1.29 is 9.53 Å². The zero-order valence-electron chi connectivity index (χ0n) is 15.6. The van der Waals surface area contributed by atoms with E-state index in [0.717, 1.165) is 24.3 Å². The van der Waals surface area contributed by atoms with E-state index in [1.165, 1.54) is 5.56 Å². The number of benzene rings is 3. The zero-order chi connectivity index (χ0) is 18.9. The number of ketones is 1. The normalized spacial score (nSPS) is 11.7. The molecule has 3 rings (SSSR count). The highest BCUT2D eigenvalue weighted by Crippen LogP contribution is 2.15. The lowest BCUT2D eigenvalue weighted by atomic mass is 10.0. The Morgan fingerprint density at radius 1 is 0.852 bits per heavy atom. The number of hydrogen-bond donors (Lipinski definition) is 1. The Morgan fingerprint density at radius 3 is 2.07 bits per heavy atom. The van der Waals surface area contributed by atoms with Crippen molar-refractivity contribution in [2.24, 2.45) is 0 Å². The molecule has 0 bridgehead atoms. The predicted molar refractivity (Wildman–Crippen MR) is 109 cm³/mol. The van der Waals surface area contributed by atoms with Gasteiger partial charge >= 0.3 is 0 Å². The quantitative estimate of drug-likeness (QED) is 0.564. The first-order valence-corrected chi connectivity index (χ1v) is 9.31. The summed E-state index contributed by atoms with van der Waals surface area (Å²) in [6.07, 6.45) is 0.907. The molecule has 3 aromatic carbocycles. The van der Waals surface area contributed by atoms with Gasteiger partial charge in [0, 0.05) is 5.56 Å². The summed E-state index contributed by atoms with van der Waals surface area (Å²) in [5.41, 5.74) is 3.08. The van der Waals surface area contributed by atoms with Crippen LogP contribution in [-0.4, -0.2) is 18.4 Å². The van der Waals surface area contributed by atoms with E-state index < -0.39 is 0 Å². The van der Waals surface area contributed by atoms with E-state index in [0.29, 0.717) is 12.2 Å². The van der Waals surface area contributed by atoms with Gasteiger partial charge in [-0.2, -0.15) is 0 Å². The number of rotatable bonds is 9. The minimum Gasteiger partial charge on any atom is -0.489 e. The zero-order valence-corrected chi connectivity index (χ0v) is 15.6. The van der Waals surface area contributed by atoms with Crippen LogP contribution in [-0.2, 0) is 13.0 Å². The maximum atomic E-state index is 12.6. The van der Waals surface area contributed by atoms with E-state index in [9.17, 15) is 4.79 Å². The lowest BCUT2D eigenvalue weighted by molar-refractivity contribution is 0.0951. The van der Waals surface area contributed by atoms with Crippen LogP contribution in [0.4, 0.5) is 0 Å². The van der Waals surface area contributed by atoms with Crippen molar-refractivity contribution in [3.05, 3.63) is 102 Å². The summed E-state index contributed by atoms with van der Waals surface area (Å²) >= 11 is 0. The SMILES string of the molecule is C[C@H](NCCc1ccccc1)C(=O)c1ccc(OCc2ccccc2)cc1. The molecule has 0 spiro atoms. The molecule has 0 aliphatic carbocycles. The Balaban J connectivity index is 1.47. The molecule has 0 amide bonds. The Hall–Kier alpha value is -2.91. The lowest BCUT2D eigenvalue weighted by Gasteiger charge is -2.13. The largest absolute Gasteiger partial charge is 0.489 e. The Labute approximate surface area is 161 Å². The van der Waals surface area contributed by atoms with Crippen LogP contribution >= 0.6 is 0 Å². The van der Waals surface area contributed by atoms with Gasteiger partial charge in [0.2, 0.25) is 0 Å². The van der Waals surface area contributed by atoms with Gasteiger partial charge in [0.25, 0.3) is 0 Å². The van der Waals surface area contributed by atoms with Crippen LogP contribution in [0.15, 0.2) is 84.9 Å². The molecule has 0 fully saturated rings. The summed E-state index contributed by atoms with van der Waals surface area (Å²) in [6, 6.07) is 27.5. The average molecular weight is 359 g/mol. The van der Waals surface area contributed by atoms with Gasteiger partial charge in [0.05, 0.1) is 6.04 Å². The minimum atomic E-state index is -0.218. The van der Waals surface area contributed by atoms with Crippen molar-refractivity contribution in [3.8, 4) is 5.75 Å². The summed E-state index contributed by atoms with van der Waals surface area (Å²) in [7, 11) is 0. The van der Waals surface area contributed by atoms with Crippen molar-refractivity contribution in [2.75, 3.05) is 6.54 Å². The summed E-state index contributed by atoms with van der Waals surface area (Å²) < 4.78 is 5.77. The number of ether oxygens (including phenoxy) is 1. The van der Waals surface area contributed by atoms with Crippen molar-refractivity contribution in [1.29, 1.82) is 0 Å². The lowest BCUT2D eigenvalue weighted by Crippen LogP contribution is -2.35. The number of carbonyl (C=O) groups is 1. The molecule has 0 aliphatic rings. The molecule has 138 valence electrons. The van der Waals surface area contributed by atoms with E-state index in [-0.39, 0.29) is 11.8 Å². The minimum absolute atomic E-state index is 0.0951. The highest BCUT2D eigenvalue weighted by molar-refractivity contribution is 5.99. The molecule has 0 unspecified atom stereocenters. The third-order valence-electron chi connectivity index (χ3n) is 4.49. The van der Waals surface area contributed by atoms with Crippen LogP contribution in [0, 0.1) is 0 Å². The molecule has 3 aromatic rings. The van der Waals surface area contributed by atoms with Gasteiger partial charge < -0.3 is 10.1 Å².